The van der Waals surface area contributed by atoms with Crippen LogP contribution in [0, 0.1) is 5.82 Å². The van der Waals surface area contributed by atoms with Gasteiger partial charge in [0.15, 0.2) is 0 Å². The van der Waals surface area contributed by atoms with Gasteiger partial charge in [-0.2, -0.15) is 0 Å². The summed E-state index contributed by atoms with van der Waals surface area (Å²) in [4.78, 5) is 43.5. The first-order valence-corrected chi connectivity index (χ1v) is 13.2. The Bertz CT molecular complexity index is 1320. The number of rotatable bonds is 8. The van der Waals surface area contributed by atoms with Crippen LogP contribution in [0.5, 0.6) is 5.75 Å². The summed E-state index contributed by atoms with van der Waals surface area (Å²) in [7, 11) is 1.60. The molecule has 0 aliphatic carbocycles. The molecular formula is C30H34FN5O4. The van der Waals surface area contributed by atoms with Crippen LogP contribution in [0.2, 0.25) is 0 Å². The number of nitrogens with zero attached hydrogens (tertiary/aromatic N) is 3. The van der Waals surface area contributed by atoms with Crippen molar-refractivity contribution in [2.45, 2.75) is 19.9 Å². The predicted octanol–water partition coefficient (Wildman–Crippen LogP) is 4.68. The van der Waals surface area contributed by atoms with E-state index in [1.807, 2.05) is 12.1 Å². The zero-order valence-corrected chi connectivity index (χ0v) is 22.9. The number of piperazine rings is 1. The van der Waals surface area contributed by atoms with Crippen LogP contribution < -0.4 is 20.3 Å². The van der Waals surface area contributed by atoms with Crippen molar-refractivity contribution in [2.24, 2.45) is 0 Å². The third-order valence-corrected chi connectivity index (χ3v) is 6.73. The molecule has 1 saturated heterocycles. The second-order valence-electron chi connectivity index (χ2n) is 9.73. The second-order valence-corrected chi connectivity index (χ2v) is 9.73. The minimum Gasteiger partial charge on any atom is -0.497 e. The number of halogens is 1. The number of hydrogen-bond donors (Lipinski definition) is 2. The molecular weight excluding hydrogens is 513 g/mol. The van der Waals surface area contributed by atoms with Crippen molar-refractivity contribution in [3.63, 3.8) is 0 Å². The van der Waals surface area contributed by atoms with Crippen molar-refractivity contribution in [3.8, 4) is 5.75 Å². The van der Waals surface area contributed by atoms with Gasteiger partial charge in [-0.25, -0.2) is 9.18 Å². The lowest BCUT2D eigenvalue weighted by Gasteiger charge is -2.36. The molecule has 9 nitrogen and oxygen atoms in total. The van der Waals surface area contributed by atoms with Gasteiger partial charge in [0, 0.05) is 49.3 Å². The summed E-state index contributed by atoms with van der Waals surface area (Å²) in [6.07, 6.45) is 0. The van der Waals surface area contributed by atoms with Crippen molar-refractivity contribution in [1.82, 2.24) is 9.80 Å². The van der Waals surface area contributed by atoms with Crippen molar-refractivity contribution in [3.05, 3.63) is 84.2 Å². The van der Waals surface area contributed by atoms with Gasteiger partial charge in [-0.05, 0) is 74.5 Å². The SMILES string of the molecule is COc1ccc(NC(=O)N2CCN(c3ccc(NC(=O)CN(C(=O)c4ccccc4F)C(C)C)cc3)CC2)cc1. The molecule has 0 radical (unpaired) electrons. The molecule has 0 bridgehead atoms. The topological polar surface area (TPSA) is 94.2 Å². The average molecular weight is 548 g/mol. The standard InChI is InChI=1S/C30H34FN5O4/c1-21(2)36(29(38)26-6-4-5-7-27(26)31)20-28(37)32-22-8-12-24(13-9-22)34-16-18-35(19-17-34)30(39)33-23-10-14-25(40-3)15-11-23/h4-15,21H,16-20H2,1-3H3,(H,32,37)(H,33,39). The number of hydrogen-bond acceptors (Lipinski definition) is 5. The maximum Gasteiger partial charge on any atom is 0.321 e. The van der Waals surface area contributed by atoms with Crippen molar-refractivity contribution in [2.75, 3.05) is 55.4 Å². The Labute approximate surface area is 233 Å². The van der Waals surface area contributed by atoms with Crippen LogP contribution in [0.15, 0.2) is 72.8 Å². The Morgan fingerprint density at radius 3 is 2.08 bits per heavy atom. The molecule has 0 atom stereocenters. The Kier molecular flexibility index (Phi) is 9.21. The van der Waals surface area contributed by atoms with E-state index in [0.717, 1.165) is 11.4 Å². The van der Waals surface area contributed by atoms with E-state index >= 15 is 0 Å². The third-order valence-electron chi connectivity index (χ3n) is 6.73. The molecule has 0 spiro atoms. The number of benzene rings is 3. The summed E-state index contributed by atoms with van der Waals surface area (Å²) in [5.74, 6) is -0.796. The Morgan fingerprint density at radius 1 is 0.875 bits per heavy atom. The number of carbonyl (C=O) groups is 3. The highest BCUT2D eigenvalue weighted by Crippen LogP contribution is 2.21. The van der Waals surface area contributed by atoms with Gasteiger partial charge < -0.3 is 30.1 Å². The fourth-order valence-corrected chi connectivity index (χ4v) is 4.43. The molecule has 1 fully saturated rings. The van der Waals surface area contributed by atoms with Crippen LogP contribution in [0.1, 0.15) is 24.2 Å². The highest BCUT2D eigenvalue weighted by atomic mass is 19.1. The molecule has 0 saturated carbocycles. The van der Waals surface area contributed by atoms with Crippen molar-refractivity contribution < 1.29 is 23.5 Å². The summed E-state index contributed by atoms with van der Waals surface area (Å²) >= 11 is 0. The van der Waals surface area contributed by atoms with Crippen LogP contribution in [-0.2, 0) is 4.79 Å². The van der Waals surface area contributed by atoms with Gasteiger partial charge in [0.1, 0.15) is 18.1 Å². The first-order chi connectivity index (χ1) is 19.2. The number of amides is 4. The Balaban J connectivity index is 1.28. The minimum absolute atomic E-state index is 0.0633. The van der Waals surface area contributed by atoms with Crippen LogP contribution in [0.25, 0.3) is 0 Å². The lowest BCUT2D eigenvalue weighted by atomic mass is 10.1. The zero-order chi connectivity index (χ0) is 28.6. The second kappa shape index (κ2) is 13.0. The van der Waals surface area contributed by atoms with Gasteiger partial charge in [-0.15, -0.1) is 0 Å². The highest BCUT2D eigenvalue weighted by Gasteiger charge is 2.24. The quantitative estimate of drug-likeness (QED) is 0.427. The molecule has 3 aromatic carbocycles. The zero-order valence-electron chi connectivity index (χ0n) is 22.9. The average Bonchev–Trinajstić information content (AvgIpc) is 2.96. The lowest BCUT2D eigenvalue weighted by Crippen LogP contribution is -2.50. The predicted molar refractivity (Wildman–Crippen MR) is 153 cm³/mol. The van der Waals surface area contributed by atoms with Crippen LogP contribution in [-0.4, -0.2) is 73.5 Å². The van der Waals surface area contributed by atoms with E-state index in [1.165, 1.54) is 23.1 Å². The van der Waals surface area contributed by atoms with Crippen LogP contribution in [0.4, 0.5) is 26.2 Å². The fourth-order valence-electron chi connectivity index (χ4n) is 4.43. The van der Waals surface area contributed by atoms with E-state index in [0.29, 0.717) is 37.6 Å². The molecule has 0 unspecified atom stereocenters. The van der Waals surface area contributed by atoms with Gasteiger partial charge in [0.05, 0.1) is 12.7 Å². The fraction of sp³-hybridized carbons (Fsp3) is 0.300. The minimum atomic E-state index is -0.618. The maximum atomic E-state index is 14.1. The van der Waals surface area contributed by atoms with E-state index < -0.39 is 11.7 Å². The van der Waals surface area contributed by atoms with Crippen molar-refractivity contribution >= 4 is 34.9 Å². The largest absolute Gasteiger partial charge is 0.497 e. The van der Waals surface area contributed by atoms with Crippen LogP contribution >= 0.6 is 0 Å². The van der Waals surface area contributed by atoms with Gasteiger partial charge in [0.25, 0.3) is 5.91 Å². The molecule has 3 aromatic rings. The summed E-state index contributed by atoms with van der Waals surface area (Å²) in [6, 6.07) is 19.9. The van der Waals surface area contributed by atoms with E-state index in [-0.39, 0.29) is 30.1 Å². The highest BCUT2D eigenvalue weighted by molar-refractivity contribution is 5.99. The number of anilines is 3. The van der Waals surface area contributed by atoms with Gasteiger partial charge >= 0.3 is 6.03 Å². The van der Waals surface area contributed by atoms with Crippen LogP contribution in [0.3, 0.4) is 0 Å². The van der Waals surface area contributed by atoms with Gasteiger partial charge in [-0.1, -0.05) is 12.1 Å². The van der Waals surface area contributed by atoms with E-state index in [1.54, 1.807) is 68.3 Å². The third kappa shape index (κ3) is 7.07. The normalized spacial score (nSPS) is 13.1. The van der Waals surface area contributed by atoms with E-state index in [2.05, 4.69) is 15.5 Å². The number of ether oxygens (including phenoxy) is 1. The molecule has 1 aliphatic rings. The molecule has 210 valence electrons. The molecule has 0 aromatic heterocycles. The van der Waals surface area contributed by atoms with E-state index in [9.17, 15) is 18.8 Å². The molecule has 40 heavy (non-hydrogen) atoms. The molecule has 1 aliphatic heterocycles. The van der Waals surface area contributed by atoms with Crippen molar-refractivity contribution in [1.29, 1.82) is 0 Å². The number of carbonyl (C=O) groups excluding carboxylic acids is 3. The molecule has 4 amide bonds. The van der Waals surface area contributed by atoms with Gasteiger partial charge in [0.2, 0.25) is 5.91 Å². The summed E-state index contributed by atoms with van der Waals surface area (Å²) in [6.45, 7) is 5.84. The Morgan fingerprint density at radius 2 is 1.48 bits per heavy atom. The summed E-state index contributed by atoms with van der Waals surface area (Å²) in [5.41, 5.74) is 2.21. The van der Waals surface area contributed by atoms with E-state index in [4.69, 9.17) is 4.74 Å². The number of urea groups is 1. The summed E-state index contributed by atoms with van der Waals surface area (Å²) < 4.78 is 19.3. The molecule has 10 heteroatoms. The Hall–Kier alpha value is -4.60. The lowest BCUT2D eigenvalue weighted by molar-refractivity contribution is -0.117. The molecule has 1 heterocycles. The first-order valence-electron chi connectivity index (χ1n) is 13.2. The first kappa shape index (κ1) is 28.4. The van der Waals surface area contributed by atoms with Gasteiger partial charge in [-0.3, -0.25) is 9.59 Å². The summed E-state index contributed by atoms with van der Waals surface area (Å²) in [5, 5.41) is 5.73. The number of methoxy groups -OCH3 is 1. The smallest absolute Gasteiger partial charge is 0.321 e. The molecule has 4 rings (SSSR count). The monoisotopic (exact) mass is 547 g/mol. The molecule has 2 N–H and O–H groups in total. The maximum absolute atomic E-state index is 14.1. The number of nitrogens with one attached hydrogen (secondary N) is 2.